The van der Waals surface area contributed by atoms with E-state index in [0.717, 1.165) is 19.0 Å². The van der Waals surface area contributed by atoms with E-state index in [1.807, 2.05) is 0 Å². The third-order valence-electron chi connectivity index (χ3n) is 2.94. The second-order valence-electron chi connectivity index (χ2n) is 3.93. The summed E-state index contributed by atoms with van der Waals surface area (Å²) in [5.74, 6) is 2.23. The van der Waals surface area contributed by atoms with Crippen molar-refractivity contribution in [3.63, 3.8) is 0 Å². The molecule has 0 unspecified atom stereocenters. The number of nitrogens with zero attached hydrogens (tertiary/aromatic N) is 1. The van der Waals surface area contributed by atoms with Gasteiger partial charge >= 0.3 is 0 Å². The number of hydrogen-bond acceptors (Lipinski definition) is 2. The van der Waals surface area contributed by atoms with E-state index in [-0.39, 0.29) is 0 Å². The van der Waals surface area contributed by atoms with Crippen molar-refractivity contribution in [3.8, 4) is 0 Å². The summed E-state index contributed by atoms with van der Waals surface area (Å²) in [6, 6.07) is 10.6. The Bertz CT molecular complexity index is 358. The number of benzene rings is 1. The van der Waals surface area contributed by atoms with Crippen molar-refractivity contribution in [2.45, 2.75) is 12.3 Å². The summed E-state index contributed by atoms with van der Waals surface area (Å²) in [7, 11) is 0. The Balaban J connectivity index is 1.74. The van der Waals surface area contributed by atoms with Gasteiger partial charge in [0.25, 0.3) is 0 Å². The predicted molar refractivity (Wildman–Crippen MR) is 55.5 cm³/mol. The van der Waals surface area contributed by atoms with Crippen LogP contribution in [-0.4, -0.2) is 19.0 Å². The second-order valence-corrected chi connectivity index (χ2v) is 3.93. The van der Waals surface area contributed by atoms with Gasteiger partial charge in [0, 0.05) is 5.92 Å². The van der Waals surface area contributed by atoms with Crippen molar-refractivity contribution in [2.24, 2.45) is 10.9 Å². The lowest BCUT2D eigenvalue weighted by Crippen LogP contribution is -2.02. The fraction of sp³-hybridized carbons (Fsp3) is 0.417. The zero-order valence-corrected chi connectivity index (χ0v) is 8.02. The van der Waals surface area contributed by atoms with Crippen LogP contribution in [0.4, 0.5) is 0 Å². The summed E-state index contributed by atoms with van der Waals surface area (Å²) in [5.41, 5.74) is 1.43. The van der Waals surface area contributed by atoms with Gasteiger partial charge in [0.1, 0.15) is 6.61 Å². The molecule has 14 heavy (non-hydrogen) atoms. The lowest BCUT2D eigenvalue weighted by molar-refractivity contribution is 0.335. The van der Waals surface area contributed by atoms with E-state index < -0.39 is 0 Å². The van der Waals surface area contributed by atoms with Crippen molar-refractivity contribution in [3.05, 3.63) is 35.9 Å². The molecule has 72 valence electrons. The highest BCUT2D eigenvalue weighted by molar-refractivity contribution is 5.84. The van der Waals surface area contributed by atoms with Crippen LogP contribution in [-0.2, 0) is 4.74 Å². The summed E-state index contributed by atoms with van der Waals surface area (Å²) in [6.45, 7) is 1.64. The van der Waals surface area contributed by atoms with E-state index in [4.69, 9.17) is 4.74 Å². The van der Waals surface area contributed by atoms with E-state index in [0.29, 0.717) is 11.8 Å². The third-order valence-corrected chi connectivity index (χ3v) is 2.94. The normalized spacial score (nSPS) is 29.6. The number of hydrogen-bond donors (Lipinski definition) is 0. The average molecular weight is 187 g/mol. The van der Waals surface area contributed by atoms with Gasteiger partial charge in [-0.3, -0.25) is 4.99 Å². The van der Waals surface area contributed by atoms with E-state index in [9.17, 15) is 0 Å². The molecule has 1 aromatic rings. The molecule has 2 atom stereocenters. The molecule has 0 bridgehead atoms. The van der Waals surface area contributed by atoms with E-state index in [1.54, 1.807) is 0 Å². The number of rotatable bonds is 2. The van der Waals surface area contributed by atoms with Crippen molar-refractivity contribution in [1.82, 2.24) is 0 Å². The molecule has 0 spiro atoms. The van der Waals surface area contributed by atoms with E-state index >= 15 is 0 Å². The highest BCUT2D eigenvalue weighted by Gasteiger charge is 2.44. The quantitative estimate of drug-likeness (QED) is 0.695. The molecular weight excluding hydrogens is 174 g/mol. The summed E-state index contributed by atoms with van der Waals surface area (Å²) >= 11 is 0. The van der Waals surface area contributed by atoms with Crippen molar-refractivity contribution in [1.29, 1.82) is 0 Å². The van der Waals surface area contributed by atoms with Gasteiger partial charge in [-0.25, -0.2) is 0 Å². The zero-order chi connectivity index (χ0) is 9.38. The first kappa shape index (κ1) is 8.04. The van der Waals surface area contributed by atoms with Crippen molar-refractivity contribution >= 4 is 5.90 Å². The Morgan fingerprint density at radius 2 is 2.00 bits per heavy atom. The number of aliphatic imine (C=N–C) groups is 1. The van der Waals surface area contributed by atoms with Crippen LogP contribution in [0.2, 0.25) is 0 Å². The topological polar surface area (TPSA) is 21.6 Å². The zero-order valence-electron chi connectivity index (χ0n) is 8.02. The average Bonchev–Trinajstić information content (AvgIpc) is 2.87. The van der Waals surface area contributed by atoms with Gasteiger partial charge in [-0.2, -0.15) is 0 Å². The van der Waals surface area contributed by atoms with Crippen LogP contribution >= 0.6 is 0 Å². The molecule has 2 nitrogen and oxygen atoms in total. The molecule has 0 N–H and O–H groups in total. The monoisotopic (exact) mass is 187 g/mol. The molecule has 1 aliphatic heterocycles. The van der Waals surface area contributed by atoms with Crippen molar-refractivity contribution in [2.75, 3.05) is 13.2 Å². The van der Waals surface area contributed by atoms with Gasteiger partial charge < -0.3 is 4.74 Å². The van der Waals surface area contributed by atoms with Gasteiger partial charge in [0.05, 0.1) is 6.54 Å². The maximum absolute atomic E-state index is 5.48. The molecule has 1 aliphatic carbocycles. The van der Waals surface area contributed by atoms with Gasteiger partial charge in [-0.1, -0.05) is 30.3 Å². The molecule has 0 radical (unpaired) electrons. The molecule has 0 aromatic heterocycles. The smallest absolute Gasteiger partial charge is 0.187 e. The van der Waals surface area contributed by atoms with E-state index in [2.05, 4.69) is 35.3 Å². The summed E-state index contributed by atoms with van der Waals surface area (Å²) in [5, 5.41) is 0. The Kier molecular flexibility index (Phi) is 1.79. The summed E-state index contributed by atoms with van der Waals surface area (Å²) in [6.07, 6.45) is 1.21. The molecule has 0 amide bonds. The first-order valence-electron chi connectivity index (χ1n) is 5.17. The maximum Gasteiger partial charge on any atom is 0.187 e. The SMILES string of the molecule is c1ccc([C@@H]2C[C@@H]2C2=NCCO2)cc1. The molecular formula is C12H13NO. The lowest BCUT2D eigenvalue weighted by atomic mass is 10.1. The fourth-order valence-corrected chi connectivity index (χ4v) is 2.11. The molecule has 3 rings (SSSR count). The molecule has 2 heteroatoms. The largest absolute Gasteiger partial charge is 0.479 e. The van der Waals surface area contributed by atoms with Crippen LogP contribution in [0.5, 0.6) is 0 Å². The summed E-state index contributed by atoms with van der Waals surface area (Å²) < 4.78 is 5.48. The molecule has 1 fully saturated rings. The van der Waals surface area contributed by atoms with E-state index in [1.165, 1.54) is 12.0 Å². The molecule has 1 heterocycles. The molecule has 2 aliphatic rings. The van der Waals surface area contributed by atoms with Crippen LogP contribution in [0.15, 0.2) is 35.3 Å². The lowest BCUT2D eigenvalue weighted by Gasteiger charge is -2.00. The fourth-order valence-electron chi connectivity index (χ4n) is 2.11. The number of ether oxygens (including phenoxy) is 1. The minimum atomic E-state index is 0.569. The highest BCUT2D eigenvalue weighted by Crippen LogP contribution is 2.48. The Morgan fingerprint density at radius 3 is 2.71 bits per heavy atom. The highest BCUT2D eigenvalue weighted by atomic mass is 16.5. The van der Waals surface area contributed by atoms with Gasteiger partial charge in [-0.15, -0.1) is 0 Å². The van der Waals surface area contributed by atoms with Gasteiger partial charge in [0.2, 0.25) is 0 Å². The van der Waals surface area contributed by atoms with Crippen LogP contribution in [0.3, 0.4) is 0 Å². The Morgan fingerprint density at radius 1 is 1.14 bits per heavy atom. The van der Waals surface area contributed by atoms with Crippen LogP contribution < -0.4 is 0 Å². The first-order chi connectivity index (χ1) is 6.95. The minimum Gasteiger partial charge on any atom is -0.479 e. The Hall–Kier alpha value is -1.31. The molecule has 1 saturated carbocycles. The van der Waals surface area contributed by atoms with Gasteiger partial charge in [0.15, 0.2) is 5.90 Å². The van der Waals surface area contributed by atoms with Gasteiger partial charge in [-0.05, 0) is 17.9 Å². The predicted octanol–water partition coefficient (Wildman–Crippen LogP) is 2.22. The van der Waals surface area contributed by atoms with Crippen LogP contribution in [0.25, 0.3) is 0 Å². The minimum absolute atomic E-state index is 0.569. The second kappa shape index (κ2) is 3.12. The first-order valence-corrected chi connectivity index (χ1v) is 5.17. The van der Waals surface area contributed by atoms with Crippen molar-refractivity contribution < 1.29 is 4.74 Å². The Labute approximate surface area is 83.6 Å². The third kappa shape index (κ3) is 1.31. The van der Waals surface area contributed by atoms with Crippen LogP contribution in [0, 0.1) is 5.92 Å². The summed E-state index contributed by atoms with van der Waals surface area (Å²) in [4.78, 5) is 4.37. The molecule has 0 saturated heterocycles. The maximum atomic E-state index is 5.48. The molecule has 1 aromatic carbocycles. The standard InChI is InChI=1S/C12H13NO/c1-2-4-9(5-3-1)10-8-11(10)12-13-6-7-14-12/h1-5,10-11H,6-8H2/t10-,11-/m0/s1. The van der Waals surface area contributed by atoms with Crippen LogP contribution in [0.1, 0.15) is 17.9 Å².